The molecule has 1 fully saturated rings. The minimum Gasteiger partial charge on any atom is -0.0115 e. The summed E-state index contributed by atoms with van der Waals surface area (Å²) >= 11 is 0. The Morgan fingerprint density at radius 1 is 1.38 bits per heavy atom. The number of hydrogen-bond acceptors (Lipinski definition) is 0. The summed E-state index contributed by atoms with van der Waals surface area (Å²) in [5.41, 5.74) is 0. The first kappa shape index (κ1) is 7.84. The molecule has 1 unspecified atom stereocenters. The van der Waals surface area contributed by atoms with Crippen molar-refractivity contribution in [3.63, 3.8) is 0 Å². The summed E-state index contributed by atoms with van der Waals surface area (Å²) in [6, 6.07) is 0. The smallest absolute Gasteiger partial charge is 0.00577 e. The first-order valence-corrected chi connectivity index (χ1v) is 32.4. The van der Waals surface area contributed by atoms with Crippen LogP contribution < -0.4 is 0 Å². The Hall–Kier alpha value is 1.74. The predicted octanol–water partition coefficient (Wildman–Crippen LogP) is -7.33. The lowest BCUT2D eigenvalue weighted by molar-refractivity contribution is 3.65. The van der Waals surface area contributed by atoms with E-state index in [9.17, 15) is 0 Å². The van der Waals surface area contributed by atoms with Crippen LogP contribution in [0.2, 0.25) is 0 Å². The average molecular weight is 241 g/mol. The maximum Gasteiger partial charge on any atom is -0.00577 e. The van der Waals surface area contributed by atoms with Crippen LogP contribution in [0.25, 0.3) is 0 Å². The number of hydrogen-bond donors (Lipinski definition) is 0. The van der Waals surface area contributed by atoms with Crippen molar-refractivity contribution in [3.8, 4) is 0 Å². The van der Waals surface area contributed by atoms with Crippen LogP contribution in [-0.4, -0.2) is 68.4 Å². The highest BCUT2D eigenvalue weighted by Crippen LogP contribution is 1.93. The topological polar surface area (TPSA) is 0 Å². The molecule has 0 radical (unpaired) electrons. The zero-order valence-corrected chi connectivity index (χ0v) is 18.6. The van der Waals surface area contributed by atoms with Crippen LogP contribution >= 0.6 is 0 Å². The molecule has 0 N–H and O–H groups in total. The van der Waals surface area contributed by atoms with E-state index in [1.54, 1.807) is 9.76 Å². The van der Waals surface area contributed by atoms with Gasteiger partial charge in [0.15, 0.2) is 0 Å². The third-order valence-corrected chi connectivity index (χ3v) is 179. The minimum atomic E-state index is 0.111. The standard InChI is InChI=1S/H16Si8/c1-7-4-5-8(2,3)6-7/h7H,4-6H2,1-3H3. The molecule has 1 rings (SSSR count). The second kappa shape index (κ2) is 2.77. The van der Waals surface area contributed by atoms with E-state index in [4.69, 9.17) is 0 Å². The molecule has 1 saturated heterocycles. The van der Waals surface area contributed by atoms with Crippen LogP contribution in [-0.2, 0) is 0 Å². The summed E-state index contributed by atoms with van der Waals surface area (Å²) in [7, 11) is 8.53. The van der Waals surface area contributed by atoms with Gasteiger partial charge in [-0.1, -0.05) is 0 Å². The molecule has 0 aromatic carbocycles. The monoisotopic (exact) mass is 240 g/mol. The van der Waals surface area contributed by atoms with Crippen molar-refractivity contribution >= 4 is 68.4 Å². The molecule has 0 aliphatic carbocycles. The fourth-order valence-corrected chi connectivity index (χ4v) is 434. The Morgan fingerprint density at radius 2 is 2.00 bits per heavy atom. The van der Waals surface area contributed by atoms with E-state index < -0.39 is 0 Å². The van der Waals surface area contributed by atoms with Gasteiger partial charge < -0.3 is 0 Å². The van der Waals surface area contributed by atoms with Gasteiger partial charge in [0.1, 0.15) is 0 Å². The molecular formula is H16Si8. The van der Waals surface area contributed by atoms with E-state index in [-0.39, 0.29) is 6.14 Å². The van der Waals surface area contributed by atoms with Crippen molar-refractivity contribution in [2.24, 2.45) is 0 Å². The van der Waals surface area contributed by atoms with Gasteiger partial charge >= 0.3 is 0 Å². The van der Waals surface area contributed by atoms with E-state index in [1.807, 2.05) is 19.5 Å². The zero-order chi connectivity index (χ0) is 6.20. The van der Waals surface area contributed by atoms with Gasteiger partial charge in [-0.15, -0.1) is 0 Å². The van der Waals surface area contributed by atoms with Crippen molar-refractivity contribution in [1.82, 2.24) is 0 Å². The highest BCUT2D eigenvalue weighted by atomic mass is 30.4. The Balaban J connectivity index is 2.44. The third kappa shape index (κ3) is 2.16. The predicted molar refractivity (Wildman–Crippen MR) is 68.4 cm³/mol. The first-order valence-electron chi connectivity index (χ1n) is 3.60. The summed E-state index contributed by atoms with van der Waals surface area (Å²) < 4.78 is 0. The molecule has 8 heteroatoms. The number of rotatable bonds is 0. The lowest BCUT2D eigenvalue weighted by atomic mass is 26.0. The van der Waals surface area contributed by atoms with Gasteiger partial charge in [-0.3, -0.25) is 0 Å². The van der Waals surface area contributed by atoms with Gasteiger partial charge in [-0.2, -0.15) is 0 Å². The maximum atomic E-state index is 1.82. The van der Waals surface area contributed by atoms with E-state index in [2.05, 4.69) is 0 Å². The van der Waals surface area contributed by atoms with Crippen molar-refractivity contribution < 1.29 is 0 Å². The zero-order valence-electron chi connectivity index (χ0n) is 6.20. The molecule has 1 atom stereocenters. The molecule has 0 bridgehead atoms. The molecule has 1 aliphatic rings. The largest absolute Gasteiger partial charge is 0.0115 e. The molecule has 0 spiro atoms. The fourth-order valence-electron chi connectivity index (χ4n) is 1.78. The molecule has 0 aromatic heterocycles. The molecule has 0 nitrogen and oxygen atoms in total. The van der Waals surface area contributed by atoms with Gasteiger partial charge in [0.2, 0.25) is 0 Å². The van der Waals surface area contributed by atoms with Gasteiger partial charge in [-0.05, 0) is 68.4 Å². The Morgan fingerprint density at radius 3 is 2.12 bits per heavy atom. The quantitative estimate of drug-likeness (QED) is 0.369. The summed E-state index contributed by atoms with van der Waals surface area (Å²) in [4.78, 5) is 0. The van der Waals surface area contributed by atoms with Gasteiger partial charge in [0.05, 0.1) is 0 Å². The van der Waals surface area contributed by atoms with Gasteiger partial charge in [-0.25, -0.2) is 0 Å². The van der Waals surface area contributed by atoms with Crippen molar-refractivity contribution in [3.05, 3.63) is 0 Å². The summed E-state index contributed by atoms with van der Waals surface area (Å²) in [6.45, 7) is 0. The molecule has 1 heterocycles. The first-order chi connectivity index (χ1) is 3.60. The summed E-state index contributed by atoms with van der Waals surface area (Å²) in [5, 5.41) is 0. The Bertz CT molecular complexity index is 82.0. The van der Waals surface area contributed by atoms with E-state index in [0.29, 0.717) is 7.35 Å². The van der Waals surface area contributed by atoms with Crippen LogP contribution in [0.1, 0.15) is 0 Å². The average Bonchev–Trinajstić information content (AvgIpc) is 1.82. The van der Waals surface area contributed by atoms with Gasteiger partial charge in [0.25, 0.3) is 0 Å². The summed E-state index contributed by atoms with van der Waals surface area (Å²) in [5.74, 6) is 0. The van der Waals surface area contributed by atoms with Crippen molar-refractivity contribution in [1.29, 1.82) is 0 Å². The highest BCUT2D eigenvalue weighted by Gasteiger charge is 2.31. The third-order valence-electron chi connectivity index (χ3n) is 2.21. The van der Waals surface area contributed by atoms with Crippen LogP contribution in [0.15, 0.2) is 0 Å². The summed E-state index contributed by atoms with van der Waals surface area (Å²) in [6.07, 6.45) is 0.111. The lowest BCUT2D eigenvalue weighted by Crippen LogP contribution is -2.48. The van der Waals surface area contributed by atoms with Crippen LogP contribution in [0.3, 0.4) is 0 Å². The van der Waals surface area contributed by atoms with Crippen molar-refractivity contribution in [2.75, 3.05) is 0 Å². The Labute approximate surface area is 68.3 Å². The minimum absolute atomic E-state index is 0.111. The van der Waals surface area contributed by atoms with E-state index >= 15 is 0 Å². The van der Waals surface area contributed by atoms with Crippen LogP contribution in [0, 0.1) is 0 Å². The molecule has 0 saturated carbocycles. The molecule has 0 amide bonds. The second-order valence-corrected chi connectivity index (χ2v) is 108. The highest BCUT2D eigenvalue weighted by molar-refractivity contribution is 8.07. The fraction of sp³-hybridized carbons (Fsp3) is 0. The Kier molecular flexibility index (Phi) is 2.71. The maximum absolute atomic E-state index is 1.82. The van der Waals surface area contributed by atoms with Crippen LogP contribution in [0.5, 0.6) is 0 Å². The molecule has 8 heavy (non-hydrogen) atoms. The molecule has 0 aromatic rings. The van der Waals surface area contributed by atoms with Crippen molar-refractivity contribution in [2.45, 2.75) is 0 Å². The second-order valence-electron chi connectivity index (χ2n) is 4.01. The lowest BCUT2D eigenvalue weighted by Gasteiger charge is -2.11. The molecule has 1 aliphatic heterocycles. The van der Waals surface area contributed by atoms with E-state index in [1.165, 1.54) is 0 Å². The van der Waals surface area contributed by atoms with Gasteiger partial charge in [0, 0.05) is 0 Å². The van der Waals surface area contributed by atoms with E-state index in [0.717, 1.165) is 25.7 Å². The normalized spacial score (nSPS) is 57.8. The molecular weight excluding hydrogens is 225 g/mol. The van der Waals surface area contributed by atoms with Crippen LogP contribution in [0.4, 0.5) is 0 Å². The SMILES string of the molecule is [SiH3][SiH]1[SiH2][SiH2][Si]([SiH3])([SiH3])[SiH2]1. The molecule has 48 valence electrons.